The van der Waals surface area contributed by atoms with Gasteiger partial charge in [-0.3, -0.25) is 4.79 Å². The van der Waals surface area contributed by atoms with Crippen molar-refractivity contribution in [1.82, 2.24) is 10.2 Å². The molecule has 0 amide bonds. The predicted molar refractivity (Wildman–Crippen MR) is 103 cm³/mol. The lowest BCUT2D eigenvalue weighted by Gasteiger charge is -2.02. The summed E-state index contributed by atoms with van der Waals surface area (Å²) in [6.45, 7) is 0. The number of nitrogens with zero attached hydrogens (tertiary/aromatic N) is 3. The van der Waals surface area contributed by atoms with Crippen molar-refractivity contribution in [2.24, 2.45) is 4.99 Å². The van der Waals surface area contributed by atoms with Crippen LogP contribution in [-0.4, -0.2) is 28.6 Å². The molecule has 0 saturated heterocycles. The summed E-state index contributed by atoms with van der Waals surface area (Å²) < 4.78 is 10.8. The van der Waals surface area contributed by atoms with Crippen LogP contribution in [0.5, 0.6) is 11.5 Å². The van der Waals surface area contributed by atoms with Crippen LogP contribution in [-0.2, 0) is 0 Å². The van der Waals surface area contributed by atoms with Crippen molar-refractivity contribution < 1.29 is 14.3 Å². The Bertz CT molecular complexity index is 1210. The number of aromatic nitrogens is 2. The molecule has 0 atom stereocenters. The Morgan fingerprint density at radius 1 is 1.19 bits per heavy atom. The topological polar surface area (TPSA) is 97.8 Å². The van der Waals surface area contributed by atoms with Crippen LogP contribution >= 0.6 is 11.3 Å². The molecule has 4 aromatic rings. The molecule has 2 heterocycles. The zero-order chi connectivity index (χ0) is 18.8. The number of phenolic OH excluding ortho intramolecular Hbond substituents is 1. The first-order chi connectivity index (χ1) is 13.1. The maximum Gasteiger partial charge on any atom is 0.232 e. The molecule has 27 heavy (non-hydrogen) atoms. The number of aliphatic imine (C=N–C) groups is 1. The van der Waals surface area contributed by atoms with E-state index in [0.29, 0.717) is 38.2 Å². The van der Waals surface area contributed by atoms with Crippen LogP contribution in [0, 0.1) is 0 Å². The predicted octanol–water partition coefficient (Wildman–Crippen LogP) is 3.78. The summed E-state index contributed by atoms with van der Waals surface area (Å²) in [4.78, 5) is 16.5. The zero-order valence-corrected chi connectivity index (χ0v) is 14.9. The Morgan fingerprint density at radius 3 is 2.85 bits per heavy atom. The Morgan fingerprint density at radius 2 is 2.04 bits per heavy atom. The second-order valence-electron chi connectivity index (χ2n) is 5.55. The van der Waals surface area contributed by atoms with E-state index < -0.39 is 0 Å². The number of para-hydroxylation sites is 1. The van der Waals surface area contributed by atoms with E-state index in [1.165, 1.54) is 30.6 Å². The van der Waals surface area contributed by atoms with E-state index in [-0.39, 0.29) is 11.2 Å². The molecule has 0 aliphatic rings. The van der Waals surface area contributed by atoms with Gasteiger partial charge in [-0.25, -0.2) is 4.99 Å². The van der Waals surface area contributed by atoms with Gasteiger partial charge in [-0.15, -0.1) is 10.2 Å². The first-order valence-corrected chi connectivity index (χ1v) is 8.73. The molecule has 0 unspecified atom stereocenters. The van der Waals surface area contributed by atoms with Gasteiger partial charge in [0.15, 0.2) is 27.7 Å². The van der Waals surface area contributed by atoms with Crippen molar-refractivity contribution in [1.29, 1.82) is 0 Å². The van der Waals surface area contributed by atoms with Crippen molar-refractivity contribution in [3.63, 3.8) is 0 Å². The van der Waals surface area contributed by atoms with Gasteiger partial charge in [0.25, 0.3) is 0 Å². The first kappa shape index (κ1) is 16.9. The van der Waals surface area contributed by atoms with Crippen LogP contribution in [0.3, 0.4) is 0 Å². The summed E-state index contributed by atoms with van der Waals surface area (Å²) >= 11 is 1.19. The Labute approximate surface area is 157 Å². The lowest BCUT2D eigenvalue weighted by atomic mass is 10.2. The van der Waals surface area contributed by atoms with Gasteiger partial charge in [0.2, 0.25) is 5.13 Å². The van der Waals surface area contributed by atoms with Crippen LogP contribution in [0.1, 0.15) is 5.56 Å². The zero-order valence-electron chi connectivity index (χ0n) is 14.1. The van der Waals surface area contributed by atoms with Gasteiger partial charge in [0.05, 0.1) is 12.5 Å². The molecule has 134 valence electrons. The smallest absolute Gasteiger partial charge is 0.232 e. The van der Waals surface area contributed by atoms with E-state index in [1.54, 1.807) is 42.6 Å². The van der Waals surface area contributed by atoms with Crippen molar-refractivity contribution in [2.75, 3.05) is 7.11 Å². The number of methoxy groups -OCH3 is 1. The monoisotopic (exact) mass is 379 g/mol. The van der Waals surface area contributed by atoms with Gasteiger partial charge in [0, 0.05) is 12.3 Å². The summed E-state index contributed by atoms with van der Waals surface area (Å²) in [5, 5.41) is 19.2. The first-order valence-electron chi connectivity index (χ1n) is 7.92. The minimum atomic E-state index is -0.138. The number of hydrogen-bond donors (Lipinski definition) is 1. The van der Waals surface area contributed by atoms with Gasteiger partial charge in [-0.1, -0.05) is 23.5 Å². The number of ether oxygens (including phenoxy) is 1. The van der Waals surface area contributed by atoms with Crippen molar-refractivity contribution in [2.45, 2.75) is 0 Å². The summed E-state index contributed by atoms with van der Waals surface area (Å²) in [6.07, 6.45) is 1.56. The summed E-state index contributed by atoms with van der Waals surface area (Å²) in [6, 6.07) is 13.4. The molecule has 7 nitrogen and oxygen atoms in total. The number of hydrogen-bond acceptors (Lipinski definition) is 8. The van der Waals surface area contributed by atoms with Crippen molar-refractivity contribution in [3.05, 3.63) is 64.3 Å². The number of phenols is 1. The van der Waals surface area contributed by atoms with E-state index in [2.05, 4.69) is 15.2 Å². The fourth-order valence-corrected chi connectivity index (χ4v) is 3.14. The molecular formula is C19H13N3O4S. The Hall–Kier alpha value is -3.52. The summed E-state index contributed by atoms with van der Waals surface area (Å²) in [5.41, 5.74) is 1.04. The molecule has 2 aromatic carbocycles. The average Bonchev–Trinajstić information content (AvgIpc) is 3.15. The Balaban J connectivity index is 1.62. The lowest BCUT2D eigenvalue weighted by molar-refractivity contribution is 0.373. The van der Waals surface area contributed by atoms with Crippen LogP contribution in [0.25, 0.3) is 21.7 Å². The van der Waals surface area contributed by atoms with E-state index in [0.717, 1.165) is 0 Å². The third-order valence-corrected chi connectivity index (χ3v) is 4.63. The molecule has 4 rings (SSSR count). The molecular weight excluding hydrogens is 366 g/mol. The van der Waals surface area contributed by atoms with E-state index in [4.69, 9.17) is 9.15 Å². The maximum absolute atomic E-state index is 12.2. The number of fused-ring (bicyclic) bond motifs is 1. The molecule has 0 radical (unpaired) electrons. The van der Waals surface area contributed by atoms with Crippen molar-refractivity contribution >= 4 is 33.7 Å². The minimum absolute atomic E-state index is 0.0253. The van der Waals surface area contributed by atoms with Crippen LogP contribution in [0.2, 0.25) is 0 Å². The van der Waals surface area contributed by atoms with Crippen LogP contribution in [0.4, 0.5) is 5.13 Å². The van der Waals surface area contributed by atoms with E-state index in [9.17, 15) is 9.90 Å². The van der Waals surface area contributed by atoms with Gasteiger partial charge >= 0.3 is 0 Å². The molecule has 0 spiro atoms. The van der Waals surface area contributed by atoms with Gasteiger partial charge in [0.1, 0.15) is 5.58 Å². The third-order valence-electron chi connectivity index (χ3n) is 3.79. The number of rotatable bonds is 4. The van der Waals surface area contributed by atoms with Gasteiger partial charge < -0.3 is 14.3 Å². The standard InChI is InChI=1S/C19H13N3O4S/c1-25-16-7-6-11(8-14(16)24)10-20-19-22-21-18(27-19)17-9-13(23)12-4-2-3-5-15(12)26-17/h2-10,24H,1H3/b20-10+. The molecule has 2 aromatic heterocycles. The molecule has 1 N–H and O–H groups in total. The highest BCUT2D eigenvalue weighted by atomic mass is 32.1. The highest BCUT2D eigenvalue weighted by Crippen LogP contribution is 2.29. The summed E-state index contributed by atoms with van der Waals surface area (Å²) in [7, 11) is 1.48. The second kappa shape index (κ2) is 7.00. The van der Waals surface area contributed by atoms with E-state index >= 15 is 0 Å². The largest absolute Gasteiger partial charge is 0.504 e. The summed E-state index contributed by atoms with van der Waals surface area (Å²) in [5.74, 6) is 0.758. The van der Waals surface area contributed by atoms with E-state index in [1.807, 2.05) is 0 Å². The maximum atomic E-state index is 12.2. The quantitative estimate of drug-likeness (QED) is 0.542. The lowest BCUT2D eigenvalue weighted by Crippen LogP contribution is -1.99. The molecule has 0 aliphatic heterocycles. The van der Waals surface area contributed by atoms with Crippen LogP contribution in [0.15, 0.2) is 62.7 Å². The minimum Gasteiger partial charge on any atom is -0.504 e. The molecule has 0 fully saturated rings. The second-order valence-corrected chi connectivity index (χ2v) is 6.51. The highest BCUT2D eigenvalue weighted by Gasteiger charge is 2.11. The molecule has 0 bridgehead atoms. The molecule has 0 aliphatic carbocycles. The number of benzene rings is 2. The van der Waals surface area contributed by atoms with Gasteiger partial charge in [-0.05, 0) is 35.9 Å². The van der Waals surface area contributed by atoms with Crippen LogP contribution < -0.4 is 10.2 Å². The normalized spacial score (nSPS) is 11.3. The Kier molecular flexibility index (Phi) is 4.39. The fraction of sp³-hybridized carbons (Fsp3) is 0.0526. The molecule has 0 saturated carbocycles. The SMILES string of the molecule is COc1ccc(/C=N/c2nnc(-c3cc(=O)c4ccccc4o3)s2)cc1O. The van der Waals surface area contributed by atoms with Crippen molar-refractivity contribution in [3.8, 4) is 22.3 Å². The average molecular weight is 379 g/mol. The number of aromatic hydroxyl groups is 1. The highest BCUT2D eigenvalue weighted by molar-refractivity contribution is 7.18. The molecule has 8 heteroatoms. The third kappa shape index (κ3) is 3.42. The fourth-order valence-electron chi connectivity index (χ4n) is 2.49. The van der Waals surface area contributed by atoms with Gasteiger partial charge in [-0.2, -0.15) is 0 Å².